The van der Waals surface area contributed by atoms with Crippen LogP contribution in [0.2, 0.25) is 5.02 Å². The number of imide groups is 1. The van der Waals surface area contributed by atoms with E-state index in [0.29, 0.717) is 10.7 Å². The van der Waals surface area contributed by atoms with Gasteiger partial charge in [0.25, 0.3) is 5.91 Å². The number of rotatable bonds is 4. The molecule has 32 heavy (non-hydrogen) atoms. The molecule has 0 saturated carbocycles. The van der Waals surface area contributed by atoms with E-state index in [0.717, 1.165) is 27.5 Å². The van der Waals surface area contributed by atoms with Gasteiger partial charge >= 0.3 is 6.03 Å². The molecule has 2 heterocycles. The highest BCUT2D eigenvalue weighted by atomic mass is 35.5. The Labute approximate surface area is 189 Å². The molecule has 1 aliphatic heterocycles. The van der Waals surface area contributed by atoms with Crippen molar-refractivity contribution in [3.05, 3.63) is 82.3 Å². The lowest BCUT2D eigenvalue weighted by Crippen LogP contribution is -2.30. The van der Waals surface area contributed by atoms with Gasteiger partial charge in [-0.05, 0) is 80.1 Å². The normalized spacial score (nSPS) is 15.5. The number of urea groups is 1. The molecule has 8 nitrogen and oxygen atoms in total. The van der Waals surface area contributed by atoms with Gasteiger partial charge in [0.1, 0.15) is 5.70 Å². The van der Waals surface area contributed by atoms with Gasteiger partial charge in [0, 0.05) is 22.1 Å². The number of carbonyl (C=O) groups excluding carboxylic acids is 2. The number of aromatic nitrogens is 1. The Morgan fingerprint density at radius 3 is 2.16 bits per heavy atom. The highest BCUT2D eigenvalue weighted by Gasteiger charge is 2.35. The molecule has 164 valence electrons. The molecule has 3 amide bonds. The second-order valence-electron chi connectivity index (χ2n) is 7.31. The van der Waals surface area contributed by atoms with Gasteiger partial charge in [-0.1, -0.05) is 11.6 Å². The molecule has 0 aliphatic carbocycles. The van der Waals surface area contributed by atoms with E-state index in [-0.39, 0.29) is 10.6 Å². The minimum Gasteiger partial charge on any atom is -0.318 e. The van der Waals surface area contributed by atoms with Crippen molar-refractivity contribution in [2.45, 2.75) is 18.7 Å². The summed E-state index contributed by atoms with van der Waals surface area (Å²) in [7, 11) is -3.78. The van der Waals surface area contributed by atoms with Gasteiger partial charge in [0.2, 0.25) is 10.0 Å². The van der Waals surface area contributed by atoms with Crippen LogP contribution in [-0.4, -0.2) is 24.9 Å². The summed E-state index contributed by atoms with van der Waals surface area (Å²) in [6.45, 7) is 3.75. The summed E-state index contributed by atoms with van der Waals surface area (Å²) in [6, 6.07) is 13.9. The molecule has 1 aliphatic rings. The van der Waals surface area contributed by atoms with Gasteiger partial charge in [0.05, 0.1) is 10.6 Å². The highest BCUT2D eigenvalue weighted by Crippen LogP contribution is 2.27. The SMILES string of the molecule is Cc1cc(/C=C2/NC(=O)N(c3ccc(Cl)cc3)C2=O)c(C)n1-c1ccc(S(N)(=O)=O)cc1. The van der Waals surface area contributed by atoms with Crippen LogP contribution in [0, 0.1) is 13.8 Å². The van der Waals surface area contributed by atoms with Gasteiger partial charge in [-0.15, -0.1) is 0 Å². The van der Waals surface area contributed by atoms with Gasteiger partial charge < -0.3 is 9.88 Å². The lowest BCUT2D eigenvalue weighted by atomic mass is 10.2. The van der Waals surface area contributed by atoms with Crippen LogP contribution in [0.4, 0.5) is 10.5 Å². The van der Waals surface area contributed by atoms with E-state index in [1.807, 2.05) is 24.5 Å². The lowest BCUT2D eigenvalue weighted by molar-refractivity contribution is -0.113. The summed E-state index contributed by atoms with van der Waals surface area (Å²) in [5, 5.41) is 8.28. The molecule has 1 fully saturated rings. The number of nitrogens with zero attached hydrogens (tertiary/aromatic N) is 2. The molecule has 0 bridgehead atoms. The van der Waals surface area contributed by atoms with Gasteiger partial charge in [-0.2, -0.15) is 0 Å². The number of carbonyl (C=O) groups is 2. The van der Waals surface area contributed by atoms with E-state index in [9.17, 15) is 18.0 Å². The fourth-order valence-corrected chi connectivity index (χ4v) is 4.27. The van der Waals surface area contributed by atoms with Crippen molar-refractivity contribution in [1.82, 2.24) is 9.88 Å². The van der Waals surface area contributed by atoms with Crippen LogP contribution < -0.4 is 15.4 Å². The molecule has 1 aromatic heterocycles. The zero-order chi connectivity index (χ0) is 23.2. The van der Waals surface area contributed by atoms with E-state index >= 15 is 0 Å². The fraction of sp³-hybridized carbons (Fsp3) is 0.0909. The third-order valence-electron chi connectivity index (χ3n) is 5.16. The number of nitrogens with two attached hydrogens (primary N) is 1. The van der Waals surface area contributed by atoms with E-state index in [1.165, 1.54) is 12.1 Å². The first kappa shape index (κ1) is 21.8. The van der Waals surface area contributed by atoms with Crippen molar-refractivity contribution in [2.75, 3.05) is 4.90 Å². The predicted octanol–water partition coefficient (Wildman–Crippen LogP) is 3.49. The quantitative estimate of drug-likeness (QED) is 0.448. The largest absolute Gasteiger partial charge is 0.333 e. The monoisotopic (exact) mass is 470 g/mol. The minimum atomic E-state index is -3.78. The molecular formula is C22H19ClN4O4S. The number of hydrogen-bond acceptors (Lipinski definition) is 4. The maximum atomic E-state index is 12.9. The Balaban J connectivity index is 1.68. The van der Waals surface area contributed by atoms with E-state index in [2.05, 4.69) is 5.32 Å². The number of primary sulfonamides is 1. The van der Waals surface area contributed by atoms with E-state index < -0.39 is 22.0 Å². The van der Waals surface area contributed by atoms with Crippen LogP contribution in [0.25, 0.3) is 11.8 Å². The maximum absolute atomic E-state index is 12.9. The van der Waals surface area contributed by atoms with Crippen LogP contribution in [0.5, 0.6) is 0 Å². The van der Waals surface area contributed by atoms with Crippen molar-refractivity contribution in [2.24, 2.45) is 5.14 Å². The highest BCUT2D eigenvalue weighted by molar-refractivity contribution is 7.89. The van der Waals surface area contributed by atoms with Crippen LogP contribution in [-0.2, 0) is 14.8 Å². The molecule has 3 N–H and O–H groups in total. The molecular weight excluding hydrogens is 452 g/mol. The van der Waals surface area contributed by atoms with E-state index in [4.69, 9.17) is 16.7 Å². The lowest BCUT2D eigenvalue weighted by Gasteiger charge is -2.11. The average Bonchev–Trinajstić information content (AvgIpc) is 3.17. The zero-order valence-electron chi connectivity index (χ0n) is 17.2. The van der Waals surface area contributed by atoms with Crippen molar-refractivity contribution < 1.29 is 18.0 Å². The summed E-state index contributed by atoms with van der Waals surface area (Å²) >= 11 is 5.89. The van der Waals surface area contributed by atoms with Crippen molar-refractivity contribution in [1.29, 1.82) is 0 Å². The number of hydrogen-bond donors (Lipinski definition) is 2. The maximum Gasteiger partial charge on any atom is 0.333 e. The average molecular weight is 471 g/mol. The van der Waals surface area contributed by atoms with Crippen LogP contribution in [0.3, 0.4) is 0 Å². The molecule has 10 heteroatoms. The molecule has 0 atom stereocenters. The van der Waals surface area contributed by atoms with Crippen LogP contribution in [0.15, 0.2) is 65.2 Å². The summed E-state index contributed by atoms with van der Waals surface area (Å²) < 4.78 is 24.9. The van der Waals surface area contributed by atoms with Crippen molar-refractivity contribution >= 4 is 45.3 Å². The predicted molar refractivity (Wildman–Crippen MR) is 122 cm³/mol. The van der Waals surface area contributed by atoms with Gasteiger partial charge in [0.15, 0.2) is 0 Å². The smallest absolute Gasteiger partial charge is 0.318 e. The Kier molecular flexibility index (Phi) is 5.41. The third-order valence-corrected chi connectivity index (χ3v) is 6.34. The van der Waals surface area contributed by atoms with Crippen molar-refractivity contribution in [3.63, 3.8) is 0 Å². The standard InChI is InChI=1S/C22H19ClN4O4S/c1-13-11-15(14(2)26(13)17-7-9-19(10-8-17)32(24,30)31)12-20-21(28)27(22(29)25-20)18-5-3-16(23)4-6-18/h3-12H,1-2H3,(H,25,29)(H2,24,30,31)/b20-12+. The molecule has 0 spiro atoms. The van der Waals surface area contributed by atoms with Crippen LogP contribution >= 0.6 is 11.6 Å². The second-order valence-corrected chi connectivity index (χ2v) is 9.30. The fourth-order valence-electron chi connectivity index (χ4n) is 3.63. The second kappa shape index (κ2) is 7.94. The first-order valence-electron chi connectivity index (χ1n) is 9.51. The Hall–Kier alpha value is -3.40. The Morgan fingerprint density at radius 1 is 0.969 bits per heavy atom. The Morgan fingerprint density at radius 2 is 1.56 bits per heavy atom. The molecule has 1 saturated heterocycles. The van der Waals surface area contributed by atoms with Gasteiger partial charge in [-0.3, -0.25) is 4.79 Å². The molecule has 0 unspecified atom stereocenters. The number of amides is 3. The number of benzene rings is 2. The van der Waals surface area contributed by atoms with Crippen molar-refractivity contribution in [3.8, 4) is 5.69 Å². The number of halogens is 1. The topological polar surface area (TPSA) is 114 Å². The third kappa shape index (κ3) is 3.93. The zero-order valence-corrected chi connectivity index (χ0v) is 18.7. The number of sulfonamides is 1. The number of nitrogens with one attached hydrogen (secondary N) is 1. The van der Waals surface area contributed by atoms with Crippen LogP contribution in [0.1, 0.15) is 17.0 Å². The minimum absolute atomic E-state index is 0.0209. The molecule has 0 radical (unpaired) electrons. The van der Waals surface area contributed by atoms with E-state index in [1.54, 1.807) is 42.5 Å². The summed E-state index contributed by atoms with van der Waals surface area (Å²) in [5.74, 6) is -0.473. The Bertz CT molecular complexity index is 1370. The summed E-state index contributed by atoms with van der Waals surface area (Å²) in [6.07, 6.45) is 1.62. The first-order chi connectivity index (χ1) is 15.1. The molecule has 2 aromatic carbocycles. The number of aryl methyl sites for hydroxylation is 1. The first-order valence-corrected chi connectivity index (χ1v) is 11.4. The summed E-state index contributed by atoms with van der Waals surface area (Å²) in [5.41, 5.74) is 3.71. The summed E-state index contributed by atoms with van der Waals surface area (Å²) in [4.78, 5) is 26.4. The number of anilines is 1. The van der Waals surface area contributed by atoms with Gasteiger partial charge in [-0.25, -0.2) is 23.3 Å². The molecule has 4 rings (SSSR count). The molecule has 3 aromatic rings.